The van der Waals surface area contributed by atoms with E-state index in [-0.39, 0.29) is 11.7 Å². The Hall–Kier alpha value is -1.93. The summed E-state index contributed by atoms with van der Waals surface area (Å²) in [5, 5.41) is 0. The first kappa shape index (κ1) is 17.9. The van der Waals surface area contributed by atoms with Crippen molar-refractivity contribution in [2.45, 2.75) is 71.4 Å². The number of rotatable bonds is 7. The maximum Gasteiger partial charge on any atom is 0.330 e. The van der Waals surface area contributed by atoms with Crippen molar-refractivity contribution in [1.82, 2.24) is 19.1 Å². The summed E-state index contributed by atoms with van der Waals surface area (Å²) in [7, 11) is 0. The fourth-order valence-corrected chi connectivity index (χ4v) is 3.28. The molecule has 0 spiro atoms. The molecule has 1 saturated heterocycles. The van der Waals surface area contributed by atoms with Crippen LogP contribution in [0.2, 0.25) is 0 Å². The van der Waals surface area contributed by atoms with Gasteiger partial charge in [-0.1, -0.05) is 6.92 Å². The van der Waals surface area contributed by atoms with Crippen LogP contribution in [0.3, 0.4) is 0 Å². The number of hydrogen-bond acceptors (Lipinski definition) is 5. The number of ether oxygens (including phenoxy) is 2. The van der Waals surface area contributed by atoms with Gasteiger partial charge in [0.25, 0.3) is 5.56 Å². The highest BCUT2D eigenvalue weighted by atomic mass is 16.7. The summed E-state index contributed by atoms with van der Waals surface area (Å²) < 4.78 is 14.7. The molecule has 0 saturated carbocycles. The average molecular weight is 350 g/mol. The number of aromatic nitrogens is 4. The molecule has 138 valence electrons. The van der Waals surface area contributed by atoms with Gasteiger partial charge in [-0.05, 0) is 39.5 Å². The lowest BCUT2D eigenvalue weighted by molar-refractivity contribution is -0.139. The summed E-state index contributed by atoms with van der Waals surface area (Å²) in [5.41, 5.74) is 0.157. The Balaban J connectivity index is 1.65. The van der Waals surface area contributed by atoms with Gasteiger partial charge in [-0.2, -0.15) is 0 Å². The second-order valence-corrected chi connectivity index (χ2v) is 6.97. The number of unbranched alkanes of at least 4 members (excludes halogenated alkanes) is 1. The first-order valence-electron chi connectivity index (χ1n) is 8.91. The molecule has 2 aromatic heterocycles. The second-order valence-electron chi connectivity index (χ2n) is 6.97. The lowest BCUT2D eigenvalue weighted by Crippen LogP contribution is -2.31. The molecule has 2 aromatic rings. The summed E-state index contributed by atoms with van der Waals surface area (Å²) >= 11 is 0. The molecule has 1 atom stereocenters. The van der Waals surface area contributed by atoms with E-state index in [9.17, 15) is 9.59 Å². The quantitative estimate of drug-likeness (QED) is 0.766. The number of imidazole rings is 1. The van der Waals surface area contributed by atoms with Gasteiger partial charge in [0.05, 0.1) is 19.0 Å². The molecule has 3 rings (SSSR count). The van der Waals surface area contributed by atoms with Gasteiger partial charge in [0.1, 0.15) is 0 Å². The molecular formula is C17H26N4O4. The molecule has 1 unspecified atom stereocenters. The van der Waals surface area contributed by atoms with Crippen LogP contribution in [0.4, 0.5) is 0 Å². The van der Waals surface area contributed by atoms with Crippen molar-refractivity contribution in [3.63, 3.8) is 0 Å². The second kappa shape index (κ2) is 7.13. The first-order chi connectivity index (χ1) is 11.9. The van der Waals surface area contributed by atoms with Crippen LogP contribution in [0.1, 0.15) is 46.5 Å². The minimum Gasteiger partial charge on any atom is -0.348 e. The standard InChI is InChI=1S/C17H26N4O4/c1-4-8-21-14-13(15(22)19-16(21)23)20(11-18-14)9-6-5-7-12-10-24-17(2,3)25-12/h11-12H,4-10H2,1-3H3,(H,19,22,23). The Bertz CT molecular complexity index is 848. The van der Waals surface area contributed by atoms with Crippen LogP contribution in [-0.2, 0) is 22.6 Å². The minimum absolute atomic E-state index is 0.132. The zero-order valence-electron chi connectivity index (χ0n) is 15.1. The average Bonchev–Trinajstić information content (AvgIpc) is 3.11. The van der Waals surface area contributed by atoms with E-state index in [4.69, 9.17) is 9.47 Å². The molecule has 1 N–H and O–H groups in total. The van der Waals surface area contributed by atoms with Crippen LogP contribution < -0.4 is 11.2 Å². The zero-order valence-corrected chi connectivity index (χ0v) is 15.1. The van der Waals surface area contributed by atoms with Gasteiger partial charge in [-0.15, -0.1) is 0 Å². The fraction of sp³-hybridized carbons (Fsp3) is 0.706. The van der Waals surface area contributed by atoms with Crippen molar-refractivity contribution in [1.29, 1.82) is 0 Å². The van der Waals surface area contributed by atoms with E-state index in [2.05, 4.69) is 9.97 Å². The molecular weight excluding hydrogens is 324 g/mol. The maximum atomic E-state index is 12.2. The molecule has 8 nitrogen and oxygen atoms in total. The van der Waals surface area contributed by atoms with Gasteiger partial charge >= 0.3 is 5.69 Å². The first-order valence-corrected chi connectivity index (χ1v) is 8.91. The number of aryl methyl sites for hydroxylation is 2. The number of nitrogens with one attached hydrogen (secondary N) is 1. The van der Waals surface area contributed by atoms with Crippen LogP contribution in [-0.4, -0.2) is 37.6 Å². The molecule has 25 heavy (non-hydrogen) atoms. The smallest absolute Gasteiger partial charge is 0.330 e. The van der Waals surface area contributed by atoms with Crippen molar-refractivity contribution >= 4 is 11.2 Å². The Kier molecular flexibility index (Phi) is 5.10. The number of aromatic amines is 1. The van der Waals surface area contributed by atoms with Crippen LogP contribution >= 0.6 is 0 Å². The molecule has 1 aliphatic rings. The van der Waals surface area contributed by atoms with Crippen LogP contribution in [0.5, 0.6) is 0 Å². The van der Waals surface area contributed by atoms with Gasteiger partial charge in [0.2, 0.25) is 0 Å². The zero-order chi connectivity index (χ0) is 18.0. The van der Waals surface area contributed by atoms with E-state index >= 15 is 0 Å². The van der Waals surface area contributed by atoms with Gasteiger partial charge in [-0.25, -0.2) is 9.78 Å². The van der Waals surface area contributed by atoms with Crippen LogP contribution in [0.25, 0.3) is 11.2 Å². The molecule has 8 heteroatoms. The Labute approximate surface area is 145 Å². The molecule has 0 radical (unpaired) electrons. The van der Waals surface area contributed by atoms with Crippen molar-refractivity contribution in [3.8, 4) is 0 Å². The van der Waals surface area contributed by atoms with Crippen molar-refractivity contribution in [2.75, 3.05) is 6.61 Å². The highest BCUT2D eigenvalue weighted by Crippen LogP contribution is 2.25. The Morgan fingerprint density at radius 1 is 1.32 bits per heavy atom. The highest BCUT2D eigenvalue weighted by molar-refractivity contribution is 5.69. The van der Waals surface area contributed by atoms with Gasteiger partial charge in [0.15, 0.2) is 17.0 Å². The van der Waals surface area contributed by atoms with E-state index < -0.39 is 11.5 Å². The SMILES string of the molecule is CCCn1c(=O)[nH]c(=O)c2c1ncn2CCCCC1COC(C)(C)O1. The van der Waals surface area contributed by atoms with E-state index in [1.807, 2.05) is 25.3 Å². The van der Waals surface area contributed by atoms with Gasteiger partial charge in [0, 0.05) is 13.1 Å². The molecule has 1 fully saturated rings. The maximum absolute atomic E-state index is 12.2. The van der Waals surface area contributed by atoms with E-state index in [0.717, 1.165) is 25.7 Å². The molecule has 0 amide bonds. The van der Waals surface area contributed by atoms with Crippen LogP contribution in [0, 0.1) is 0 Å². The summed E-state index contributed by atoms with van der Waals surface area (Å²) in [6.45, 7) is 7.68. The number of hydrogen-bond donors (Lipinski definition) is 1. The van der Waals surface area contributed by atoms with Gasteiger partial charge in [-0.3, -0.25) is 14.3 Å². The molecule has 1 aliphatic heterocycles. The molecule has 0 bridgehead atoms. The third kappa shape index (κ3) is 3.85. The van der Waals surface area contributed by atoms with Gasteiger partial charge < -0.3 is 14.0 Å². The highest BCUT2D eigenvalue weighted by Gasteiger charge is 2.31. The van der Waals surface area contributed by atoms with Crippen molar-refractivity contribution < 1.29 is 9.47 Å². The predicted octanol–water partition coefficient (Wildman–Crippen LogP) is 1.62. The number of fused-ring (bicyclic) bond motifs is 1. The Morgan fingerprint density at radius 2 is 2.12 bits per heavy atom. The molecule has 0 aliphatic carbocycles. The largest absolute Gasteiger partial charge is 0.348 e. The van der Waals surface area contributed by atoms with E-state index in [0.29, 0.717) is 30.9 Å². The van der Waals surface area contributed by atoms with Crippen molar-refractivity contribution in [3.05, 3.63) is 27.2 Å². The number of nitrogens with zero attached hydrogens (tertiary/aromatic N) is 3. The summed E-state index contributed by atoms with van der Waals surface area (Å²) in [5.74, 6) is -0.485. The monoisotopic (exact) mass is 350 g/mol. The summed E-state index contributed by atoms with van der Waals surface area (Å²) in [6.07, 6.45) is 5.37. The number of H-pyrrole nitrogens is 1. The van der Waals surface area contributed by atoms with E-state index in [1.54, 1.807) is 6.33 Å². The molecule has 3 heterocycles. The van der Waals surface area contributed by atoms with Crippen LogP contribution in [0.15, 0.2) is 15.9 Å². The summed E-state index contributed by atoms with van der Waals surface area (Å²) in [4.78, 5) is 30.8. The summed E-state index contributed by atoms with van der Waals surface area (Å²) in [6, 6.07) is 0. The topological polar surface area (TPSA) is 91.1 Å². The lowest BCUT2D eigenvalue weighted by Gasteiger charge is -2.17. The fourth-order valence-electron chi connectivity index (χ4n) is 3.28. The van der Waals surface area contributed by atoms with E-state index in [1.165, 1.54) is 4.57 Å². The van der Waals surface area contributed by atoms with Crippen molar-refractivity contribution in [2.24, 2.45) is 0 Å². The lowest BCUT2D eigenvalue weighted by atomic mass is 10.1. The third-order valence-electron chi connectivity index (χ3n) is 4.44. The minimum atomic E-state index is -0.485. The predicted molar refractivity (Wildman–Crippen MR) is 93.7 cm³/mol. The normalized spacial score (nSPS) is 19.7. The Morgan fingerprint density at radius 3 is 2.80 bits per heavy atom. The molecule has 0 aromatic carbocycles. The third-order valence-corrected chi connectivity index (χ3v) is 4.44.